The second-order valence-electron chi connectivity index (χ2n) is 2.97. The lowest BCUT2D eigenvalue weighted by atomic mass is 10.00. The average molecular weight is 173 g/mol. The number of hydrogen-bond acceptors (Lipinski definition) is 2. The third-order valence-electron chi connectivity index (χ3n) is 2.27. The van der Waals surface area contributed by atoms with Crippen LogP contribution in [0.4, 0.5) is 0 Å². The summed E-state index contributed by atoms with van der Waals surface area (Å²) in [5, 5.41) is 0. The lowest BCUT2D eigenvalue weighted by Crippen LogP contribution is -2.20. The Morgan fingerprint density at radius 1 is 1.00 bits per heavy atom. The second kappa shape index (κ2) is 2.98. The molecule has 1 radical (unpaired) electrons. The van der Waals surface area contributed by atoms with Crippen molar-refractivity contribution in [3.8, 4) is 0 Å². The van der Waals surface area contributed by atoms with Crippen LogP contribution < -0.4 is 0 Å². The molecule has 0 aromatic heterocycles. The van der Waals surface area contributed by atoms with Crippen molar-refractivity contribution >= 4 is 23.5 Å². The van der Waals surface area contributed by atoms with E-state index in [1.54, 1.807) is 0 Å². The molecule has 1 saturated heterocycles. The van der Waals surface area contributed by atoms with Crippen LogP contribution in [-0.2, 0) is 0 Å². The van der Waals surface area contributed by atoms with Crippen molar-refractivity contribution in [1.82, 2.24) is 0 Å². The summed E-state index contributed by atoms with van der Waals surface area (Å²) in [6.07, 6.45) is 8.04. The first kappa shape index (κ1) is 7.35. The van der Waals surface area contributed by atoms with Crippen LogP contribution in [-0.4, -0.2) is 15.6 Å². The molecule has 2 aliphatic rings. The highest BCUT2D eigenvalue weighted by atomic mass is 32.2. The molecule has 0 aromatic rings. The summed E-state index contributed by atoms with van der Waals surface area (Å²) in [5.74, 6) is 2.79. The van der Waals surface area contributed by atoms with Gasteiger partial charge >= 0.3 is 0 Å². The molecule has 0 atom stereocenters. The van der Waals surface area contributed by atoms with E-state index >= 15 is 0 Å². The van der Waals surface area contributed by atoms with E-state index in [4.69, 9.17) is 0 Å². The number of hydrogen-bond donors (Lipinski definition) is 0. The van der Waals surface area contributed by atoms with Crippen molar-refractivity contribution in [2.24, 2.45) is 0 Å². The van der Waals surface area contributed by atoms with E-state index in [-0.39, 0.29) is 0 Å². The molecule has 0 unspecified atom stereocenters. The summed E-state index contributed by atoms with van der Waals surface area (Å²) in [6, 6.07) is 0. The molecule has 1 aliphatic heterocycles. The normalized spacial score (nSPS) is 31.2. The summed E-state index contributed by atoms with van der Waals surface area (Å²) >= 11 is 4.42. The standard InChI is InChI=1S/C8H13S2/c1-2-4-8(5-3-1)9-6-7-10-8/h1H,2-7H2. The van der Waals surface area contributed by atoms with Gasteiger partial charge in [0.2, 0.25) is 0 Å². The lowest BCUT2D eigenvalue weighted by Gasteiger charge is -2.30. The zero-order valence-corrected chi connectivity index (χ0v) is 7.77. The van der Waals surface area contributed by atoms with Crippen LogP contribution in [0, 0.1) is 6.42 Å². The molecule has 0 bridgehead atoms. The van der Waals surface area contributed by atoms with Gasteiger partial charge in [-0.05, 0) is 32.1 Å². The minimum Gasteiger partial charge on any atom is -0.143 e. The number of thioether (sulfide) groups is 2. The Morgan fingerprint density at radius 3 is 2.20 bits per heavy atom. The minimum atomic E-state index is 0.675. The van der Waals surface area contributed by atoms with Gasteiger partial charge in [0.25, 0.3) is 0 Å². The minimum absolute atomic E-state index is 0.675. The molecule has 1 aliphatic carbocycles. The maximum atomic E-state index is 2.45. The average Bonchev–Trinajstić information content (AvgIpc) is 2.39. The Kier molecular flexibility index (Phi) is 2.19. The van der Waals surface area contributed by atoms with Crippen LogP contribution >= 0.6 is 23.5 Å². The van der Waals surface area contributed by atoms with E-state index in [0.717, 1.165) is 0 Å². The predicted molar refractivity (Wildman–Crippen MR) is 50.4 cm³/mol. The SMILES string of the molecule is [CH]1CCC2(CC1)SCCS2. The second-order valence-corrected chi connectivity index (χ2v) is 6.19. The van der Waals surface area contributed by atoms with Gasteiger partial charge in [0.1, 0.15) is 0 Å². The van der Waals surface area contributed by atoms with Crippen LogP contribution in [0.15, 0.2) is 0 Å². The van der Waals surface area contributed by atoms with Gasteiger partial charge in [-0.15, -0.1) is 23.5 Å². The Bertz CT molecular complexity index is 108. The molecule has 2 fully saturated rings. The van der Waals surface area contributed by atoms with Crippen molar-refractivity contribution in [2.75, 3.05) is 11.5 Å². The van der Waals surface area contributed by atoms with Gasteiger partial charge in [-0.25, -0.2) is 0 Å². The van der Waals surface area contributed by atoms with Crippen molar-refractivity contribution in [2.45, 2.75) is 29.8 Å². The predicted octanol–water partition coefficient (Wildman–Crippen LogP) is 2.94. The summed E-state index contributed by atoms with van der Waals surface area (Å²) in [6.45, 7) is 0. The van der Waals surface area contributed by atoms with E-state index in [9.17, 15) is 0 Å². The molecule has 2 rings (SSSR count). The molecule has 0 N–H and O–H groups in total. The van der Waals surface area contributed by atoms with Crippen molar-refractivity contribution in [3.63, 3.8) is 0 Å². The van der Waals surface area contributed by atoms with E-state index in [1.165, 1.54) is 37.2 Å². The van der Waals surface area contributed by atoms with Gasteiger partial charge in [-0.2, -0.15) is 0 Å². The summed E-state index contributed by atoms with van der Waals surface area (Å²) < 4.78 is 0.675. The zero-order valence-electron chi connectivity index (χ0n) is 6.14. The van der Waals surface area contributed by atoms with Gasteiger partial charge in [0, 0.05) is 11.5 Å². The molecule has 57 valence electrons. The van der Waals surface area contributed by atoms with Crippen LogP contribution in [0.3, 0.4) is 0 Å². The third-order valence-corrected chi connectivity index (χ3v) is 5.92. The Hall–Kier alpha value is 0.700. The summed E-state index contributed by atoms with van der Waals surface area (Å²) in [7, 11) is 0. The van der Waals surface area contributed by atoms with E-state index in [1.807, 2.05) is 0 Å². The van der Waals surface area contributed by atoms with Gasteiger partial charge < -0.3 is 0 Å². The van der Waals surface area contributed by atoms with Crippen molar-refractivity contribution < 1.29 is 0 Å². The third kappa shape index (κ3) is 1.33. The van der Waals surface area contributed by atoms with E-state index in [2.05, 4.69) is 29.9 Å². The fraction of sp³-hybridized carbons (Fsp3) is 0.875. The highest BCUT2D eigenvalue weighted by Gasteiger charge is 2.36. The van der Waals surface area contributed by atoms with Crippen molar-refractivity contribution in [1.29, 1.82) is 0 Å². The number of rotatable bonds is 0. The largest absolute Gasteiger partial charge is 0.143 e. The molecule has 1 heterocycles. The molecule has 2 heteroatoms. The maximum absolute atomic E-state index is 2.45. The van der Waals surface area contributed by atoms with Crippen LogP contribution in [0.2, 0.25) is 0 Å². The smallest absolute Gasteiger partial charge is 0.0611 e. The lowest BCUT2D eigenvalue weighted by molar-refractivity contribution is 0.577. The zero-order chi connectivity index (χ0) is 6.86. The van der Waals surface area contributed by atoms with Crippen LogP contribution in [0.1, 0.15) is 25.7 Å². The highest BCUT2D eigenvalue weighted by Crippen LogP contribution is 2.52. The fourth-order valence-electron chi connectivity index (χ4n) is 1.70. The molecule has 0 amide bonds. The molecule has 10 heavy (non-hydrogen) atoms. The topological polar surface area (TPSA) is 0 Å². The van der Waals surface area contributed by atoms with Crippen LogP contribution in [0.5, 0.6) is 0 Å². The molecule has 0 nitrogen and oxygen atoms in total. The van der Waals surface area contributed by atoms with Crippen LogP contribution in [0.25, 0.3) is 0 Å². The Balaban J connectivity index is 1.98. The Labute approximate surface area is 71.5 Å². The monoisotopic (exact) mass is 173 g/mol. The molecule has 0 aromatic carbocycles. The molecule has 1 spiro atoms. The van der Waals surface area contributed by atoms with Gasteiger partial charge in [-0.3, -0.25) is 0 Å². The fourth-order valence-corrected chi connectivity index (χ4v) is 4.99. The molecular weight excluding hydrogens is 160 g/mol. The van der Waals surface area contributed by atoms with Gasteiger partial charge in [-0.1, -0.05) is 0 Å². The van der Waals surface area contributed by atoms with Gasteiger partial charge in [0.05, 0.1) is 4.08 Å². The highest BCUT2D eigenvalue weighted by molar-refractivity contribution is 8.21. The maximum Gasteiger partial charge on any atom is 0.0611 e. The first-order valence-corrected chi connectivity index (χ1v) is 5.98. The first-order chi connectivity index (χ1) is 4.91. The Morgan fingerprint density at radius 2 is 1.60 bits per heavy atom. The van der Waals surface area contributed by atoms with E-state index in [0.29, 0.717) is 4.08 Å². The van der Waals surface area contributed by atoms with Crippen molar-refractivity contribution in [3.05, 3.63) is 6.42 Å². The quantitative estimate of drug-likeness (QED) is 0.552. The molecular formula is C8H13S2. The summed E-state index contributed by atoms with van der Waals surface area (Å²) in [4.78, 5) is 0. The van der Waals surface area contributed by atoms with E-state index < -0.39 is 0 Å². The van der Waals surface area contributed by atoms with Gasteiger partial charge in [0.15, 0.2) is 0 Å². The summed E-state index contributed by atoms with van der Waals surface area (Å²) in [5.41, 5.74) is 0. The first-order valence-electron chi connectivity index (χ1n) is 4.01. The molecule has 1 saturated carbocycles.